The van der Waals surface area contributed by atoms with Crippen molar-refractivity contribution in [2.75, 3.05) is 0 Å². The molecule has 0 N–H and O–H groups in total. The van der Waals surface area contributed by atoms with E-state index in [9.17, 15) is 4.11 Å². The third kappa shape index (κ3) is 9.42. The average Bonchev–Trinajstić information content (AvgIpc) is 2.50. The molecular formula is C71H70N4O. The van der Waals surface area contributed by atoms with Crippen LogP contribution in [0.5, 0.6) is 11.5 Å². The molecule has 0 radical (unpaired) electrons. The minimum Gasteiger partial charge on any atom is -0.458 e. The Kier molecular flexibility index (Phi) is 11.0. The van der Waals surface area contributed by atoms with Crippen LogP contribution in [-0.4, -0.2) is 14.1 Å². The lowest BCUT2D eigenvalue weighted by Gasteiger charge is -2.27. The van der Waals surface area contributed by atoms with E-state index >= 15 is 0 Å². The minimum absolute atomic E-state index is 0.00760. The molecule has 11 aromatic rings. The number of imidazole rings is 1. The van der Waals surface area contributed by atoms with E-state index in [0.717, 1.165) is 77.5 Å². The van der Waals surface area contributed by atoms with E-state index < -0.39 is 24.0 Å². The number of ether oxygens (including phenoxy) is 1. The van der Waals surface area contributed by atoms with Crippen LogP contribution in [-0.2, 0) is 16.2 Å². The van der Waals surface area contributed by atoms with Gasteiger partial charge in [-0.2, -0.15) is 0 Å². The van der Waals surface area contributed by atoms with Gasteiger partial charge >= 0.3 is 0 Å². The maximum atomic E-state index is 9.81. The molecule has 0 bridgehead atoms. The van der Waals surface area contributed by atoms with Gasteiger partial charge in [-0.05, 0) is 121 Å². The summed E-state index contributed by atoms with van der Waals surface area (Å²) in [6, 6.07) is 51.9. The monoisotopic (exact) mass is 1000 g/mol. The highest BCUT2D eigenvalue weighted by Crippen LogP contribution is 2.42. The van der Waals surface area contributed by atoms with Gasteiger partial charge in [-0.1, -0.05) is 222 Å². The van der Waals surface area contributed by atoms with Crippen LogP contribution in [0.2, 0.25) is 0 Å². The Hall–Kier alpha value is -8.02. The second kappa shape index (κ2) is 19.3. The Morgan fingerprint density at radius 1 is 0.539 bits per heavy atom. The molecule has 3 aromatic heterocycles. The molecule has 0 aliphatic heterocycles. The zero-order valence-corrected chi connectivity index (χ0v) is 45.9. The zero-order chi connectivity index (χ0) is 58.5. The Labute approximate surface area is 458 Å². The van der Waals surface area contributed by atoms with Crippen LogP contribution in [0.3, 0.4) is 0 Å². The predicted molar refractivity (Wildman–Crippen MR) is 318 cm³/mol. The number of para-hydroxylation sites is 4. The van der Waals surface area contributed by atoms with Gasteiger partial charge in [0, 0.05) is 30.0 Å². The van der Waals surface area contributed by atoms with Crippen molar-refractivity contribution >= 4 is 32.8 Å². The maximum Gasteiger partial charge on any atom is 0.269 e. The normalized spacial score (nSPS) is 14.3. The molecule has 0 saturated heterocycles. The second-order valence-corrected chi connectivity index (χ2v) is 23.6. The molecule has 0 aliphatic carbocycles. The predicted octanol–water partition coefficient (Wildman–Crippen LogP) is 18.6. The molecule has 1 unspecified atom stereocenters. The molecule has 8 aromatic carbocycles. The van der Waals surface area contributed by atoms with Crippen molar-refractivity contribution in [3.63, 3.8) is 0 Å². The summed E-state index contributed by atoms with van der Waals surface area (Å²) >= 11 is 0. The Morgan fingerprint density at radius 3 is 1.84 bits per heavy atom. The molecule has 5 heteroatoms. The van der Waals surface area contributed by atoms with Crippen molar-refractivity contribution in [2.45, 2.75) is 105 Å². The van der Waals surface area contributed by atoms with E-state index in [-0.39, 0.29) is 39.8 Å². The highest BCUT2D eigenvalue weighted by Gasteiger charge is 2.26. The summed E-state index contributed by atoms with van der Waals surface area (Å²) in [6.45, 7) is 26.1. The minimum atomic E-state index is -0.931. The second-order valence-electron chi connectivity index (χ2n) is 23.6. The van der Waals surface area contributed by atoms with Crippen LogP contribution in [0.4, 0.5) is 0 Å². The first-order chi connectivity index (χ1) is 38.7. The quantitative estimate of drug-likeness (QED) is 0.101. The lowest BCUT2D eigenvalue weighted by molar-refractivity contribution is -0.571. The first-order valence-corrected chi connectivity index (χ1v) is 26.5. The van der Waals surface area contributed by atoms with Crippen LogP contribution in [0, 0.1) is 12.2 Å². The number of fused-ring (bicyclic) bond motifs is 4. The Bertz CT molecular complexity index is 4260. The summed E-state index contributed by atoms with van der Waals surface area (Å²) in [6.07, 6.45) is 5.65. The molecule has 5 nitrogen and oxygen atoms in total. The fraction of sp³-hybridized carbons (Fsp3) is 0.239. The number of benzene rings is 8. The van der Waals surface area contributed by atoms with E-state index in [1.54, 1.807) is 0 Å². The first kappa shape index (κ1) is 43.2. The molecule has 380 valence electrons. The molecule has 76 heavy (non-hydrogen) atoms. The van der Waals surface area contributed by atoms with Gasteiger partial charge in [0.2, 0.25) is 0 Å². The third-order valence-electron chi connectivity index (χ3n) is 15.0. The van der Waals surface area contributed by atoms with E-state index in [4.69, 9.17) is 13.8 Å². The lowest BCUT2D eigenvalue weighted by Crippen LogP contribution is -2.31. The molecule has 1 atom stereocenters. The van der Waals surface area contributed by atoms with E-state index in [1.807, 2.05) is 95.1 Å². The molecule has 11 rings (SSSR count). The van der Waals surface area contributed by atoms with Crippen molar-refractivity contribution in [3.8, 4) is 62.1 Å². The average molecular weight is 1000 g/mol. The molecule has 0 aliphatic rings. The molecule has 0 saturated carbocycles. The van der Waals surface area contributed by atoms with Crippen LogP contribution in [0.15, 0.2) is 194 Å². The third-order valence-corrected chi connectivity index (χ3v) is 15.0. The van der Waals surface area contributed by atoms with E-state index in [2.05, 4.69) is 172 Å². The number of nitrogens with zero attached hydrogens (tertiary/aromatic N) is 4. The molecule has 3 heterocycles. The topological polar surface area (TPSA) is 35.9 Å². The maximum absolute atomic E-state index is 9.81. The highest BCUT2D eigenvalue weighted by molar-refractivity contribution is 6.09. The standard InChI is InChI=1S/C71H70N4O/c1-46(2)47(3)61-43-67(72-44-62(61)49-32-34-51(35-33-49)69(4,5)6)75-63-29-17-16-26-59(63)60-37-36-56(42-66(60)75)76-55-25-20-24-54(41-55)73-45-74(65-31-19-18-30-64(65)73)68-57(48-22-14-13-15-23-48)27-21-28-58(68)50-38-52(70(7,8)9)40-53(39-50)71(10,11)12/h13-44,46-47H,1-12H3/i13D,14D,15D,22D,23D,47D. The van der Waals surface area contributed by atoms with Crippen molar-refractivity contribution in [1.29, 1.82) is 0 Å². The van der Waals surface area contributed by atoms with Crippen molar-refractivity contribution in [2.24, 2.45) is 5.92 Å². The summed E-state index contributed by atoms with van der Waals surface area (Å²) in [4.78, 5) is 5.19. The lowest BCUT2D eigenvalue weighted by atomic mass is 9.78. The van der Waals surface area contributed by atoms with Gasteiger partial charge in [0.1, 0.15) is 17.3 Å². The summed E-state index contributed by atoms with van der Waals surface area (Å²) in [5.74, 6) is 1.01. The smallest absolute Gasteiger partial charge is 0.269 e. The SMILES string of the molecule is [2H]c1c([2H])c([2H])c(-c2cccc(-c3cc(C(C)(C)C)cc(C(C)(C)C)c3)c2-[n+]2[c-]n(-c3cccc(Oc4ccc5c6ccccc6n(-c6cc(C([2H])(C)C(C)C)c(-c7ccc(C(C)(C)C)cc7)cn6)c5c4)c3)c3ccccc32)c([2H])c1[2H]. The van der Waals surface area contributed by atoms with Gasteiger partial charge < -0.3 is 4.74 Å². The molecule has 0 fully saturated rings. The van der Waals surface area contributed by atoms with Crippen LogP contribution in [0.1, 0.15) is 119 Å². The van der Waals surface area contributed by atoms with E-state index in [1.165, 1.54) is 5.56 Å². The van der Waals surface area contributed by atoms with Gasteiger partial charge in [-0.15, -0.1) is 0 Å². The Morgan fingerprint density at radius 2 is 1.16 bits per heavy atom. The number of rotatable bonds is 10. The summed E-state index contributed by atoms with van der Waals surface area (Å²) < 4.78 is 67.4. The summed E-state index contributed by atoms with van der Waals surface area (Å²) in [5, 5.41) is 2.12. The van der Waals surface area contributed by atoms with Gasteiger partial charge in [0.05, 0.1) is 40.3 Å². The van der Waals surface area contributed by atoms with Gasteiger partial charge in [-0.25, -0.2) is 4.98 Å². The fourth-order valence-electron chi connectivity index (χ4n) is 10.3. The number of hydrogen-bond donors (Lipinski definition) is 0. The van der Waals surface area contributed by atoms with Crippen LogP contribution in [0.25, 0.3) is 83.4 Å². The highest BCUT2D eigenvalue weighted by atomic mass is 16.5. The molecule has 0 amide bonds. The Balaban J connectivity index is 1.05. The van der Waals surface area contributed by atoms with Crippen molar-refractivity contribution in [1.82, 2.24) is 14.1 Å². The van der Waals surface area contributed by atoms with Gasteiger partial charge in [-0.3, -0.25) is 13.7 Å². The van der Waals surface area contributed by atoms with Crippen molar-refractivity contribution in [3.05, 3.63) is 223 Å². The largest absolute Gasteiger partial charge is 0.458 e. The van der Waals surface area contributed by atoms with E-state index in [0.29, 0.717) is 28.6 Å². The van der Waals surface area contributed by atoms with Crippen LogP contribution >= 0.6 is 0 Å². The number of pyridine rings is 1. The fourth-order valence-corrected chi connectivity index (χ4v) is 10.3. The number of hydrogen-bond acceptors (Lipinski definition) is 2. The summed E-state index contributed by atoms with van der Waals surface area (Å²) in [5.41, 5.74) is 13.3. The molecule has 0 spiro atoms. The summed E-state index contributed by atoms with van der Waals surface area (Å²) in [7, 11) is 0. The van der Waals surface area contributed by atoms with Gasteiger partial charge in [0.25, 0.3) is 6.33 Å². The van der Waals surface area contributed by atoms with Gasteiger partial charge in [0.15, 0.2) is 0 Å². The van der Waals surface area contributed by atoms with Crippen molar-refractivity contribution < 1.29 is 17.5 Å². The first-order valence-electron chi connectivity index (χ1n) is 29.5. The number of aromatic nitrogens is 4. The zero-order valence-electron chi connectivity index (χ0n) is 51.9. The van der Waals surface area contributed by atoms with Crippen LogP contribution < -0.4 is 9.30 Å². The molecular weight excluding hydrogens is 925 g/mol.